The zero-order chi connectivity index (χ0) is 22.4. The van der Waals surface area contributed by atoms with E-state index in [1.807, 2.05) is 0 Å². The number of hydrogen-bond acceptors (Lipinski definition) is 4. The van der Waals surface area contributed by atoms with Crippen LogP contribution in [0.5, 0.6) is 5.75 Å². The molecule has 0 atom stereocenters. The fraction of sp³-hybridized carbons (Fsp3) is 0.0870. The first-order valence-electron chi connectivity index (χ1n) is 9.23. The van der Waals surface area contributed by atoms with E-state index in [0.29, 0.717) is 33.3 Å². The Morgan fingerprint density at radius 2 is 1.52 bits per heavy atom. The number of anilines is 1. The van der Waals surface area contributed by atoms with Gasteiger partial charge < -0.3 is 10.1 Å². The number of benzene rings is 3. The maximum atomic E-state index is 12.4. The Kier molecular flexibility index (Phi) is 7.28. The van der Waals surface area contributed by atoms with Crippen LogP contribution >= 0.6 is 23.2 Å². The number of methoxy groups -OCH3 is 1. The molecule has 3 aromatic rings. The van der Waals surface area contributed by atoms with E-state index in [9.17, 15) is 9.59 Å². The van der Waals surface area contributed by atoms with Crippen molar-refractivity contribution in [2.45, 2.75) is 6.92 Å². The van der Waals surface area contributed by atoms with Crippen LogP contribution in [0.2, 0.25) is 10.0 Å². The lowest BCUT2D eigenvalue weighted by Crippen LogP contribution is -2.19. The summed E-state index contributed by atoms with van der Waals surface area (Å²) in [6.45, 7) is 1.77. The summed E-state index contributed by atoms with van der Waals surface area (Å²) in [5, 5.41) is 7.65. The number of rotatable bonds is 6. The van der Waals surface area contributed by atoms with Crippen molar-refractivity contribution in [1.82, 2.24) is 5.43 Å². The number of carbonyl (C=O) groups is 2. The summed E-state index contributed by atoms with van der Waals surface area (Å²) >= 11 is 11.9. The molecule has 0 aliphatic rings. The summed E-state index contributed by atoms with van der Waals surface area (Å²) in [5.74, 6) is -0.000892. The van der Waals surface area contributed by atoms with Crippen molar-refractivity contribution in [3.05, 3.63) is 93.5 Å². The van der Waals surface area contributed by atoms with Crippen LogP contribution in [0.4, 0.5) is 5.69 Å². The average molecular weight is 456 g/mol. The third-order valence-corrected chi connectivity index (χ3v) is 4.96. The first kappa shape index (κ1) is 22.3. The van der Waals surface area contributed by atoms with Crippen molar-refractivity contribution in [3.8, 4) is 5.75 Å². The molecule has 0 aromatic heterocycles. The Balaban J connectivity index is 1.63. The maximum absolute atomic E-state index is 12.4. The number of nitrogens with one attached hydrogen (secondary N) is 2. The Labute approximate surface area is 189 Å². The molecule has 0 aliphatic carbocycles. The molecule has 2 N–H and O–H groups in total. The van der Waals surface area contributed by atoms with Crippen molar-refractivity contribution in [3.63, 3.8) is 0 Å². The first-order chi connectivity index (χ1) is 14.9. The molecule has 2 amide bonds. The van der Waals surface area contributed by atoms with Gasteiger partial charge in [0, 0.05) is 16.3 Å². The highest BCUT2D eigenvalue weighted by Gasteiger charge is 2.11. The van der Waals surface area contributed by atoms with Crippen molar-refractivity contribution in [2.24, 2.45) is 5.10 Å². The highest BCUT2D eigenvalue weighted by molar-refractivity contribution is 6.37. The Morgan fingerprint density at radius 3 is 2.13 bits per heavy atom. The Morgan fingerprint density at radius 1 is 0.871 bits per heavy atom. The van der Waals surface area contributed by atoms with Gasteiger partial charge in [-0.05, 0) is 67.1 Å². The molecule has 0 unspecified atom stereocenters. The molecule has 0 radical (unpaired) electrons. The molecule has 6 nitrogen and oxygen atoms in total. The Bertz CT molecular complexity index is 1130. The SMILES string of the molecule is COc1ccc(C(=O)N/N=C(/C)c2ccc(NC(=O)c3ccc(Cl)cc3Cl)cc2)cc1. The van der Waals surface area contributed by atoms with Crippen molar-refractivity contribution < 1.29 is 14.3 Å². The van der Waals surface area contributed by atoms with E-state index < -0.39 is 0 Å². The van der Waals surface area contributed by atoms with E-state index in [4.69, 9.17) is 27.9 Å². The molecule has 31 heavy (non-hydrogen) atoms. The van der Waals surface area contributed by atoms with E-state index in [1.54, 1.807) is 74.7 Å². The molecule has 0 saturated carbocycles. The van der Waals surface area contributed by atoms with Crippen LogP contribution in [0.1, 0.15) is 33.2 Å². The molecule has 0 heterocycles. The lowest BCUT2D eigenvalue weighted by molar-refractivity contribution is 0.0954. The topological polar surface area (TPSA) is 79.8 Å². The van der Waals surface area contributed by atoms with E-state index in [1.165, 1.54) is 6.07 Å². The molecule has 0 spiro atoms. The lowest BCUT2D eigenvalue weighted by Gasteiger charge is -2.08. The van der Waals surface area contributed by atoms with Crippen LogP contribution in [-0.4, -0.2) is 24.6 Å². The van der Waals surface area contributed by atoms with Gasteiger partial charge in [0.15, 0.2) is 0 Å². The standard InChI is InChI=1S/C23H19Cl2N3O3/c1-14(27-28-22(29)16-5-10-19(31-2)11-6-16)15-3-8-18(9-4-15)26-23(30)20-12-7-17(24)13-21(20)25/h3-13H,1-2H3,(H,26,30)(H,28,29)/b27-14-. The summed E-state index contributed by atoms with van der Waals surface area (Å²) in [6.07, 6.45) is 0. The third kappa shape index (κ3) is 5.84. The van der Waals surface area contributed by atoms with Gasteiger partial charge in [0.05, 0.1) is 23.4 Å². The van der Waals surface area contributed by atoms with Gasteiger partial charge in [-0.3, -0.25) is 9.59 Å². The third-order valence-electron chi connectivity index (χ3n) is 4.41. The van der Waals surface area contributed by atoms with Crippen LogP contribution in [0.3, 0.4) is 0 Å². The molecule has 0 aliphatic heterocycles. The highest BCUT2D eigenvalue weighted by Crippen LogP contribution is 2.22. The molecule has 3 aromatic carbocycles. The molecular weight excluding hydrogens is 437 g/mol. The molecule has 0 fully saturated rings. The van der Waals surface area contributed by atoms with Crippen molar-refractivity contribution in [2.75, 3.05) is 12.4 Å². The zero-order valence-corrected chi connectivity index (χ0v) is 18.3. The van der Waals surface area contributed by atoms with Gasteiger partial charge in [-0.15, -0.1) is 0 Å². The second-order valence-corrected chi connectivity index (χ2v) is 7.37. The van der Waals surface area contributed by atoms with Crippen LogP contribution in [0.15, 0.2) is 71.8 Å². The predicted molar refractivity (Wildman–Crippen MR) is 124 cm³/mol. The van der Waals surface area contributed by atoms with Crippen LogP contribution in [0, 0.1) is 0 Å². The molecule has 0 saturated heterocycles. The summed E-state index contributed by atoms with van der Waals surface area (Å²) in [6, 6.07) is 18.5. The summed E-state index contributed by atoms with van der Waals surface area (Å²) < 4.78 is 5.08. The first-order valence-corrected chi connectivity index (χ1v) is 9.98. The van der Waals surface area contributed by atoms with Gasteiger partial charge in [0.2, 0.25) is 0 Å². The van der Waals surface area contributed by atoms with Gasteiger partial charge in [-0.2, -0.15) is 5.10 Å². The fourth-order valence-electron chi connectivity index (χ4n) is 2.67. The lowest BCUT2D eigenvalue weighted by atomic mass is 10.1. The van der Waals surface area contributed by atoms with Crippen LogP contribution in [-0.2, 0) is 0 Å². The van der Waals surface area contributed by atoms with Gasteiger partial charge in [-0.1, -0.05) is 35.3 Å². The van der Waals surface area contributed by atoms with Gasteiger partial charge in [0.25, 0.3) is 11.8 Å². The molecule has 3 rings (SSSR count). The normalized spacial score (nSPS) is 11.0. The molecule has 8 heteroatoms. The fourth-order valence-corrected chi connectivity index (χ4v) is 3.17. The predicted octanol–water partition coefficient (Wildman–Crippen LogP) is 5.41. The number of carbonyl (C=O) groups excluding carboxylic acids is 2. The molecule has 0 bridgehead atoms. The van der Waals surface area contributed by atoms with Gasteiger partial charge >= 0.3 is 0 Å². The van der Waals surface area contributed by atoms with E-state index in [2.05, 4.69) is 15.8 Å². The van der Waals surface area contributed by atoms with E-state index in [-0.39, 0.29) is 16.8 Å². The van der Waals surface area contributed by atoms with Crippen LogP contribution < -0.4 is 15.5 Å². The minimum atomic E-state index is -0.341. The second kappa shape index (κ2) is 10.1. The second-order valence-electron chi connectivity index (χ2n) is 6.52. The maximum Gasteiger partial charge on any atom is 0.271 e. The van der Waals surface area contributed by atoms with Crippen molar-refractivity contribution >= 4 is 46.4 Å². The van der Waals surface area contributed by atoms with Gasteiger partial charge in [-0.25, -0.2) is 5.43 Å². The number of nitrogens with zero attached hydrogens (tertiary/aromatic N) is 1. The smallest absolute Gasteiger partial charge is 0.271 e. The summed E-state index contributed by atoms with van der Waals surface area (Å²) in [4.78, 5) is 24.6. The number of hydrogen-bond donors (Lipinski definition) is 2. The van der Waals surface area contributed by atoms with Crippen LogP contribution in [0.25, 0.3) is 0 Å². The minimum Gasteiger partial charge on any atom is -0.497 e. The Hall–Kier alpha value is -3.35. The average Bonchev–Trinajstić information content (AvgIpc) is 2.77. The number of ether oxygens (including phenoxy) is 1. The zero-order valence-electron chi connectivity index (χ0n) is 16.8. The summed E-state index contributed by atoms with van der Waals surface area (Å²) in [5.41, 5.74) is 5.32. The summed E-state index contributed by atoms with van der Waals surface area (Å²) in [7, 11) is 1.56. The molecular formula is C23H19Cl2N3O3. The number of amides is 2. The largest absolute Gasteiger partial charge is 0.497 e. The van der Waals surface area contributed by atoms with Gasteiger partial charge in [0.1, 0.15) is 5.75 Å². The van der Waals surface area contributed by atoms with Crippen molar-refractivity contribution in [1.29, 1.82) is 0 Å². The monoisotopic (exact) mass is 455 g/mol. The highest BCUT2D eigenvalue weighted by atomic mass is 35.5. The minimum absolute atomic E-state index is 0.275. The number of hydrazone groups is 1. The van der Waals surface area contributed by atoms with E-state index in [0.717, 1.165) is 5.56 Å². The molecule has 158 valence electrons. The van der Waals surface area contributed by atoms with E-state index >= 15 is 0 Å². The number of halogens is 2. The quantitative estimate of drug-likeness (QED) is 0.385.